The average Bonchev–Trinajstić information content (AvgIpc) is 2.78. The second kappa shape index (κ2) is 4.75. The van der Waals surface area contributed by atoms with Crippen molar-refractivity contribution in [3.8, 4) is 0 Å². The minimum atomic E-state index is -0.474. The molecule has 0 aromatic heterocycles. The maximum absolute atomic E-state index is 12.1. The van der Waals surface area contributed by atoms with Crippen molar-refractivity contribution >= 4 is 23.4 Å². The van der Waals surface area contributed by atoms with E-state index in [4.69, 9.17) is 17.3 Å². The number of hydrogen-bond donors (Lipinski definition) is 1. The molecule has 1 atom stereocenters. The topological polar surface area (TPSA) is 63.4 Å². The van der Waals surface area contributed by atoms with Crippen LogP contribution in [0.3, 0.4) is 0 Å². The molecule has 5 heteroatoms. The predicted molar refractivity (Wildman–Crippen MR) is 64.7 cm³/mol. The van der Waals surface area contributed by atoms with E-state index in [1.807, 2.05) is 0 Å². The Morgan fingerprint density at radius 1 is 1.29 bits per heavy atom. The zero-order valence-corrected chi connectivity index (χ0v) is 9.98. The Balaban J connectivity index is 2.19. The lowest BCUT2D eigenvalue weighted by Crippen LogP contribution is -2.43. The first-order valence-electron chi connectivity index (χ1n) is 5.45. The highest BCUT2D eigenvalue weighted by atomic mass is 35.5. The lowest BCUT2D eigenvalue weighted by atomic mass is 10.1. The molecule has 0 unspecified atom stereocenters. The molecule has 2 rings (SSSR count). The Hall–Kier alpha value is -1.55. The Morgan fingerprint density at radius 3 is 2.53 bits per heavy atom. The van der Waals surface area contributed by atoms with Crippen LogP contribution in [0.5, 0.6) is 0 Å². The molecular formula is C12H13ClN2O2. The molecule has 0 saturated carbocycles. The Kier molecular flexibility index (Phi) is 3.33. The molecule has 0 radical (unpaired) electrons. The van der Waals surface area contributed by atoms with Gasteiger partial charge >= 0.3 is 0 Å². The summed E-state index contributed by atoms with van der Waals surface area (Å²) in [5.74, 6) is -0.604. The van der Waals surface area contributed by atoms with Crippen LogP contribution in [0.4, 0.5) is 0 Å². The molecule has 1 aliphatic rings. The third-order valence-corrected chi connectivity index (χ3v) is 3.19. The number of hydrogen-bond acceptors (Lipinski definition) is 2. The van der Waals surface area contributed by atoms with E-state index in [0.717, 1.165) is 6.42 Å². The van der Waals surface area contributed by atoms with Crippen molar-refractivity contribution in [2.24, 2.45) is 5.73 Å². The SMILES string of the molecule is NC(=O)[C@@H]1CCCN1C(=O)c1ccc(Cl)cc1. The molecule has 2 N–H and O–H groups in total. The fourth-order valence-electron chi connectivity index (χ4n) is 2.06. The lowest BCUT2D eigenvalue weighted by molar-refractivity contribution is -0.121. The zero-order chi connectivity index (χ0) is 12.4. The van der Waals surface area contributed by atoms with Crippen molar-refractivity contribution in [2.75, 3.05) is 6.54 Å². The van der Waals surface area contributed by atoms with Gasteiger partial charge in [-0.25, -0.2) is 0 Å². The number of nitrogens with zero attached hydrogens (tertiary/aromatic N) is 1. The van der Waals surface area contributed by atoms with E-state index in [1.165, 1.54) is 4.90 Å². The Bertz CT molecular complexity index is 444. The first-order chi connectivity index (χ1) is 8.09. The maximum Gasteiger partial charge on any atom is 0.254 e. The molecule has 1 aromatic rings. The first kappa shape index (κ1) is 11.9. The number of benzene rings is 1. The molecular weight excluding hydrogens is 240 g/mol. The van der Waals surface area contributed by atoms with Crippen molar-refractivity contribution < 1.29 is 9.59 Å². The van der Waals surface area contributed by atoms with E-state index in [9.17, 15) is 9.59 Å². The van der Waals surface area contributed by atoms with Gasteiger partial charge in [-0.05, 0) is 37.1 Å². The molecule has 2 amide bonds. The highest BCUT2D eigenvalue weighted by Gasteiger charge is 2.32. The zero-order valence-electron chi connectivity index (χ0n) is 9.23. The number of rotatable bonds is 2. The number of likely N-dealkylation sites (tertiary alicyclic amines) is 1. The van der Waals surface area contributed by atoms with Crippen LogP contribution in [0.15, 0.2) is 24.3 Å². The first-order valence-corrected chi connectivity index (χ1v) is 5.83. The second-order valence-electron chi connectivity index (χ2n) is 4.07. The largest absolute Gasteiger partial charge is 0.368 e. The number of nitrogens with two attached hydrogens (primary N) is 1. The normalized spacial score (nSPS) is 19.4. The summed E-state index contributed by atoms with van der Waals surface area (Å²) < 4.78 is 0. The fraction of sp³-hybridized carbons (Fsp3) is 0.333. The molecule has 1 fully saturated rings. The van der Waals surface area contributed by atoms with Gasteiger partial charge in [0.15, 0.2) is 0 Å². The molecule has 1 aliphatic heterocycles. The van der Waals surface area contributed by atoms with Gasteiger partial charge in [0.1, 0.15) is 6.04 Å². The highest BCUT2D eigenvalue weighted by Crippen LogP contribution is 2.20. The molecule has 1 aromatic carbocycles. The standard InChI is InChI=1S/C12H13ClN2O2/c13-9-5-3-8(4-6-9)12(17)15-7-1-2-10(15)11(14)16/h3-6,10H,1-2,7H2,(H2,14,16)/t10-/m0/s1. The molecule has 1 heterocycles. The van der Waals surface area contributed by atoms with E-state index in [2.05, 4.69) is 0 Å². The molecule has 90 valence electrons. The van der Waals surface area contributed by atoms with Gasteiger partial charge in [-0.15, -0.1) is 0 Å². The van der Waals surface area contributed by atoms with Gasteiger partial charge in [-0.3, -0.25) is 9.59 Å². The van der Waals surface area contributed by atoms with Crippen molar-refractivity contribution in [3.05, 3.63) is 34.9 Å². The minimum Gasteiger partial charge on any atom is -0.368 e. The van der Waals surface area contributed by atoms with Crippen LogP contribution in [0.25, 0.3) is 0 Å². The summed E-state index contributed by atoms with van der Waals surface area (Å²) in [5, 5.41) is 0.578. The van der Waals surface area contributed by atoms with Gasteiger partial charge in [-0.1, -0.05) is 11.6 Å². The van der Waals surface area contributed by atoms with Crippen molar-refractivity contribution in [1.29, 1.82) is 0 Å². The van der Waals surface area contributed by atoms with E-state index in [0.29, 0.717) is 23.6 Å². The van der Waals surface area contributed by atoms with Gasteiger partial charge in [0, 0.05) is 17.1 Å². The smallest absolute Gasteiger partial charge is 0.254 e. The molecule has 0 spiro atoms. The number of carbonyl (C=O) groups excluding carboxylic acids is 2. The van der Waals surface area contributed by atoms with Gasteiger partial charge in [0.2, 0.25) is 5.91 Å². The number of primary amides is 1. The third kappa shape index (κ3) is 2.42. The van der Waals surface area contributed by atoms with Crippen molar-refractivity contribution in [3.63, 3.8) is 0 Å². The van der Waals surface area contributed by atoms with Crippen LogP contribution in [-0.2, 0) is 4.79 Å². The van der Waals surface area contributed by atoms with Crippen molar-refractivity contribution in [1.82, 2.24) is 4.90 Å². The fourth-order valence-corrected chi connectivity index (χ4v) is 2.19. The highest BCUT2D eigenvalue weighted by molar-refractivity contribution is 6.30. The van der Waals surface area contributed by atoms with Crippen LogP contribution in [0, 0.1) is 0 Å². The second-order valence-corrected chi connectivity index (χ2v) is 4.50. The van der Waals surface area contributed by atoms with E-state index < -0.39 is 11.9 Å². The Morgan fingerprint density at radius 2 is 1.94 bits per heavy atom. The van der Waals surface area contributed by atoms with E-state index in [1.54, 1.807) is 24.3 Å². The van der Waals surface area contributed by atoms with Crippen LogP contribution in [0.1, 0.15) is 23.2 Å². The number of amides is 2. The van der Waals surface area contributed by atoms with E-state index >= 15 is 0 Å². The molecule has 4 nitrogen and oxygen atoms in total. The summed E-state index contributed by atoms with van der Waals surface area (Å²) in [5.41, 5.74) is 5.80. The summed E-state index contributed by atoms with van der Waals surface area (Å²) in [4.78, 5) is 24.9. The van der Waals surface area contributed by atoms with Gasteiger partial charge in [0.25, 0.3) is 5.91 Å². The summed E-state index contributed by atoms with van der Waals surface area (Å²) >= 11 is 5.76. The van der Waals surface area contributed by atoms with Gasteiger partial charge < -0.3 is 10.6 Å². The van der Waals surface area contributed by atoms with Crippen molar-refractivity contribution in [2.45, 2.75) is 18.9 Å². The van der Waals surface area contributed by atoms with Crippen LogP contribution >= 0.6 is 11.6 Å². The molecule has 1 saturated heterocycles. The molecule has 17 heavy (non-hydrogen) atoms. The van der Waals surface area contributed by atoms with Gasteiger partial charge in [0.05, 0.1) is 0 Å². The lowest BCUT2D eigenvalue weighted by Gasteiger charge is -2.22. The molecule has 0 aliphatic carbocycles. The maximum atomic E-state index is 12.1. The van der Waals surface area contributed by atoms with Crippen LogP contribution < -0.4 is 5.73 Å². The third-order valence-electron chi connectivity index (χ3n) is 2.93. The quantitative estimate of drug-likeness (QED) is 0.866. The van der Waals surface area contributed by atoms with Crippen LogP contribution in [-0.4, -0.2) is 29.3 Å². The van der Waals surface area contributed by atoms with Gasteiger partial charge in [-0.2, -0.15) is 0 Å². The number of halogens is 1. The average molecular weight is 253 g/mol. The Labute approximate surface area is 104 Å². The van der Waals surface area contributed by atoms with E-state index in [-0.39, 0.29) is 5.91 Å². The minimum absolute atomic E-state index is 0.164. The van der Waals surface area contributed by atoms with Crippen LogP contribution in [0.2, 0.25) is 5.02 Å². The summed E-state index contributed by atoms with van der Waals surface area (Å²) in [7, 11) is 0. The number of carbonyl (C=O) groups is 2. The monoisotopic (exact) mass is 252 g/mol. The summed E-state index contributed by atoms with van der Waals surface area (Å²) in [6, 6.07) is 6.15. The summed E-state index contributed by atoms with van der Waals surface area (Å²) in [6.45, 7) is 0.578. The predicted octanol–water partition coefficient (Wildman–Crippen LogP) is 1.43. The summed E-state index contributed by atoms with van der Waals surface area (Å²) in [6.07, 6.45) is 1.46. The molecule has 0 bridgehead atoms.